The van der Waals surface area contributed by atoms with E-state index in [-0.39, 0.29) is 0 Å². The first-order chi connectivity index (χ1) is 6.36. The Morgan fingerprint density at radius 1 is 1.38 bits per heavy atom. The lowest BCUT2D eigenvalue weighted by Gasteiger charge is -1.93. The summed E-state index contributed by atoms with van der Waals surface area (Å²) in [5, 5.41) is 7.15. The lowest BCUT2D eigenvalue weighted by molar-refractivity contribution is 1.04. The zero-order valence-electron chi connectivity index (χ0n) is 7.62. The summed E-state index contributed by atoms with van der Waals surface area (Å²) in [6, 6.07) is 2.06. The Labute approximate surface area is 77.7 Å². The molecule has 0 saturated carbocycles. The van der Waals surface area contributed by atoms with Crippen LogP contribution in [-0.4, -0.2) is 10.2 Å². The molecule has 13 heavy (non-hydrogen) atoms. The molecule has 1 N–H and O–H groups in total. The molecule has 1 aliphatic rings. The van der Waals surface area contributed by atoms with Gasteiger partial charge in [-0.3, -0.25) is 5.10 Å². The van der Waals surface area contributed by atoms with Gasteiger partial charge in [-0.1, -0.05) is 30.4 Å². The molecule has 0 saturated heterocycles. The van der Waals surface area contributed by atoms with Crippen LogP contribution in [-0.2, 0) is 0 Å². The summed E-state index contributed by atoms with van der Waals surface area (Å²) >= 11 is 0. The first kappa shape index (κ1) is 8.05. The molecular formula is C11H12N2. The Bertz CT molecular complexity index is 381. The van der Waals surface area contributed by atoms with Crippen molar-refractivity contribution in [1.82, 2.24) is 10.2 Å². The number of aromatic amines is 1. The highest BCUT2D eigenvalue weighted by Gasteiger charge is 2.01. The maximum absolute atomic E-state index is 4.21. The van der Waals surface area contributed by atoms with Crippen molar-refractivity contribution in [1.29, 1.82) is 0 Å². The Kier molecular flexibility index (Phi) is 2.13. The number of H-pyrrole nitrogens is 1. The molecule has 2 nitrogen and oxygen atoms in total. The quantitative estimate of drug-likeness (QED) is 0.693. The molecule has 0 unspecified atom stereocenters. The Morgan fingerprint density at radius 3 is 3.08 bits per heavy atom. The van der Waals surface area contributed by atoms with E-state index in [2.05, 4.69) is 40.6 Å². The Balaban J connectivity index is 2.31. The molecule has 2 heteroatoms. The van der Waals surface area contributed by atoms with Crippen molar-refractivity contribution in [2.45, 2.75) is 13.3 Å². The topological polar surface area (TPSA) is 28.7 Å². The highest BCUT2D eigenvalue weighted by Crippen LogP contribution is 2.16. The summed E-state index contributed by atoms with van der Waals surface area (Å²) in [5.74, 6) is 0. The van der Waals surface area contributed by atoms with Crippen LogP contribution in [0, 0.1) is 6.92 Å². The summed E-state index contributed by atoms with van der Waals surface area (Å²) in [6.07, 6.45) is 11.5. The summed E-state index contributed by atoms with van der Waals surface area (Å²) in [7, 11) is 0. The minimum Gasteiger partial charge on any atom is -0.282 e. The predicted molar refractivity (Wildman–Crippen MR) is 54.2 cm³/mol. The van der Waals surface area contributed by atoms with Crippen LogP contribution in [0.3, 0.4) is 0 Å². The van der Waals surface area contributed by atoms with Gasteiger partial charge in [0.2, 0.25) is 0 Å². The zero-order chi connectivity index (χ0) is 9.10. The van der Waals surface area contributed by atoms with E-state index in [9.17, 15) is 0 Å². The van der Waals surface area contributed by atoms with Gasteiger partial charge in [0.05, 0.1) is 5.69 Å². The normalized spacial score (nSPS) is 15.6. The van der Waals surface area contributed by atoms with Gasteiger partial charge < -0.3 is 0 Å². The molecule has 0 aromatic carbocycles. The lowest BCUT2D eigenvalue weighted by atomic mass is 10.1. The molecule has 66 valence electrons. The Morgan fingerprint density at radius 2 is 2.31 bits per heavy atom. The fourth-order valence-corrected chi connectivity index (χ4v) is 1.34. The first-order valence-electron chi connectivity index (χ1n) is 4.42. The van der Waals surface area contributed by atoms with Gasteiger partial charge in [0.1, 0.15) is 0 Å². The molecule has 0 aliphatic heterocycles. The van der Waals surface area contributed by atoms with Gasteiger partial charge >= 0.3 is 0 Å². The number of hydrogen-bond donors (Lipinski definition) is 1. The van der Waals surface area contributed by atoms with Gasteiger partial charge in [0.15, 0.2) is 0 Å². The molecule has 0 bridgehead atoms. The predicted octanol–water partition coefficient (Wildman–Crippen LogP) is 2.62. The third-order valence-electron chi connectivity index (χ3n) is 2.00. The number of aromatic nitrogens is 2. The van der Waals surface area contributed by atoms with Gasteiger partial charge in [0, 0.05) is 5.69 Å². The molecule has 1 heterocycles. The number of allylic oxidation sites excluding steroid dienone is 6. The second kappa shape index (κ2) is 3.44. The molecule has 0 spiro atoms. The van der Waals surface area contributed by atoms with E-state index in [0.717, 1.165) is 17.8 Å². The molecule has 1 aliphatic carbocycles. The van der Waals surface area contributed by atoms with Crippen LogP contribution < -0.4 is 0 Å². The Hall–Kier alpha value is -1.57. The maximum atomic E-state index is 4.21. The van der Waals surface area contributed by atoms with Crippen molar-refractivity contribution in [3.05, 3.63) is 47.8 Å². The standard InChI is InChI=1S/C11H12N2/c1-9-8-11(13-12-9)10-6-4-2-3-5-7-10/h2-4,6-8H,5H2,1H3,(H,12,13). The van der Waals surface area contributed by atoms with Crippen molar-refractivity contribution in [3.8, 4) is 0 Å². The van der Waals surface area contributed by atoms with Crippen LogP contribution >= 0.6 is 0 Å². The van der Waals surface area contributed by atoms with Crippen molar-refractivity contribution in [2.75, 3.05) is 0 Å². The molecular weight excluding hydrogens is 160 g/mol. The van der Waals surface area contributed by atoms with E-state index in [1.165, 1.54) is 5.57 Å². The van der Waals surface area contributed by atoms with Gasteiger partial charge in [0.25, 0.3) is 0 Å². The smallest absolute Gasteiger partial charge is 0.0920 e. The number of nitrogens with zero attached hydrogens (tertiary/aromatic N) is 1. The third kappa shape index (κ3) is 1.78. The number of rotatable bonds is 1. The molecule has 0 fully saturated rings. The van der Waals surface area contributed by atoms with E-state index >= 15 is 0 Å². The summed E-state index contributed by atoms with van der Waals surface area (Å²) in [5.41, 5.74) is 3.31. The second-order valence-corrected chi connectivity index (χ2v) is 3.12. The van der Waals surface area contributed by atoms with Crippen LogP contribution in [0.15, 0.2) is 36.4 Å². The summed E-state index contributed by atoms with van der Waals surface area (Å²) in [6.45, 7) is 2.01. The fraction of sp³-hybridized carbons (Fsp3) is 0.182. The molecule has 0 radical (unpaired) electrons. The van der Waals surface area contributed by atoms with E-state index in [0.29, 0.717) is 0 Å². The van der Waals surface area contributed by atoms with Crippen molar-refractivity contribution in [3.63, 3.8) is 0 Å². The van der Waals surface area contributed by atoms with Crippen molar-refractivity contribution in [2.24, 2.45) is 0 Å². The number of aryl methyl sites for hydroxylation is 1. The van der Waals surface area contributed by atoms with E-state index < -0.39 is 0 Å². The minimum absolute atomic E-state index is 0.980. The monoisotopic (exact) mass is 172 g/mol. The van der Waals surface area contributed by atoms with Gasteiger partial charge in [-0.2, -0.15) is 5.10 Å². The summed E-state index contributed by atoms with van der Waals surface area (Å²) < 4.78 is 0. The van der Waals surface area contributed by atoms with E-state index in [1.807, 2.05) is 13.0 Å². The average molecular weight is 172 g/mol. The van der Waals surface area contributed by atoms with Crippen molar-refractivity contribution < 1.29 is 0 Å². The largest absolute Gasteiger partial charge is 0.282 e. The third-order valence-corrected chi connectivity index (χ3v) is 2.00. The molecule has 1 aromatic rings. The number of hydrogen-bond acceptors (Lipinski definition) is 1. The lowest BCUT2D eigenvalue weighted by Crippen LogP contribution is -1.80. The highest BCUT2D eigenvalue weighted by atomic mass is 15.1. The minimum atomic E-state index is 0.980. The van der Waals surface area contributed by atoms with Crippen molar-refractivity contribution >= 4 is 5.57 Å². The SMILES string of the molecule is Cc1cc(C2=CCC=CC=C2)n[nH]1. The van der Waals surface area contributed by atoms with Gasteiger partial charge in [-0.25, -0.2) is 0 Å². The van der Waals surface area contributed by atoms with E-state index in [1.54, 1.807) is 0 Å². The van der Waals surface area contributed by atoms with Gasteiger partial charge in [-0.05, 0) is 25.0 Å². The van der Waals surface area contributed by atoms with Crippen LogP contribution in [0.25, 0.3) is 5.57 Å². The fourth-order valence-electron chi connectivity index (χ4n) is 1.34. The molecule has 0 amide bonds. The van der Waals surface area contributed by atoms with Crippen LogP contribution in [0.2, 0.25) is 0 Å². The first-order valence-corrected chi connectivity index (χ1v) is 4.42. The molecule has 0 atom stereocenters. The van der Waals surface area contributed by atoms with E-state index in [4.69, 9.17) is 0 Å². The highest BCUT2D eigenvalue weighted by molar-refractivity contribution is 5.72. The maximum Gasteiger partial charge on any atom is 0.0920 e. The van der Waals surface area contributed by atoms with Gasteiger partial charge in [-0.15, -0.1) is 0 Å². The zero-order valence-corrected chi connectivity index (χ0v) is 7.62. The summed E-state index contributed by atoms with van der Waals surface area (Å²) in [4.78, 5) is 0. The molecule has 1 aromatic heterocycles. The van der Waals surface area contributed by atoms with Crippen LogP contribution in [0.5, 0.6) is 0 Å². The number of nitrogens with one attached hydrogen (secondary N) is 1. The average Bonchev–Trinajstić information content (AvgIpc) is 2.43. The second-order valence-electron chi connectivity index (χ2n) is 3.12. The molecule has 2 rings (SSSR count). The van der Waals surface area contributed by atoms with Crippen LogP contribution in [0.1, 0.15) is 17.8 Å². The van der Waals surface area contributed by atoms with Crippen LogP contribution in [0.4, 0.5) is 0 Å².